The molecule has 98 valence electrons. The van der Waals surface area contributed by atoms with Crippen molar-refractivity contribution >= 4 is 33.3 Å². The van der Waals surface area contributed by atoms with E-state index in [0.717, 1.165) is 10.0 Å². The van der Waals surface area contributed by atoms with E-state index in [4.69, 9.17) is 5.73 Å². The van der Waals surface area contributed by atoms with Crippen LogP contribution in [-0.2, 0) is 6.54 Å². The van der Waals surface area contributed by atoms with Gasteiger partial charge in [-0.05, 0) is 17.7 Å². The van der Waals surface area contributed by atoms with Crippen molar-refractivity contribution in [3.05, 3.63) is 56.5 Å². The molecule has 2 aromatic rings. The summed E-state index contributed by atoms with van der Waals surface area (Å²) in [6, 6.07) is 10.3. The molecule has 1 heterocycles. The predicted molar refractivity (Wildman–Crippen MR) is 76.8 cm³/mol. The van der Waals surface area contributed by atoms with Crippen molar-refractivity contribution < 1.29 is 4.92 Å². The second-order valence-electron chi connectivity index (χ2n) is 3.88. The fourth-order valence-corrected chi connectivity index (χ4v) is 2.02. The summed E-state index contributed by atoms with van der Waals surface area (Å²) >= 11 is 3.38. The molecule has 0 atom stereocenters. The third kappa shape index (κ3) is 3.65. The monoisotopic (exact) mass is 322 g/mol. The molecule has 3 N–H and O–H groups in total. The molecular weight excluding hydrogens is 312 g/mol. The lowest BCUT2D eigenvalue weighted by molar-refractivity contribution is -0.384. The van der Waals surface area contributed by atoms with Gasteiger partial charge in [-0.1, -0.05) is 28.1 Å². The molecule has 0 saturated heterocycles. The van der Waals surface area contributed by atoms with E-state index in [1.165, 1.54) is 12.1 Å². The summed E-state index contributed by atoms with van der Waals surface area (Å²) in [5, 5.41) is 13.7. The van der Waals surface area contributed by atoms with Gasteiger partial charge in [0.2, 0.25) is 0 Å². The topological polar surface area (TPSA) is 94.1 Å². The molecular formula is C12H11BrN4O2. The first-order valence-electron chi connectivity index (χ1n) is 5.45. The number of nitrogens with two attached hydrogens (primary N) is 1. The van der Waals surface area contributed by atoms with Crippen LogP contribution in [0, 0.1) is 10.1 Å². The lowest BCUT2D eigenvalue weighted by Crippen LogP contribution is -2.04. The van der Waals surface area contributed by atoms with Gasteiger partial charge in [0.25, 0.3) is 5.69 Å². The van der Waals surface area contributed by atoms with Gasteiger partial charge in [-0.25, -0.2) is 4.98 Å². The third-order valence-electron chi connectivity index (χ3n) is 2.40. The maximum atomic E-state index is 10.7. The highest BCUT2D eigenvalue weighted by Gasteiger charge is 2.09. The van der Waals surface area contributed by atoms with Crippen LogP contribution in [0.25, 0.3) is 0 Å². The van der Waals surface area contributed by atoms with Crippen LogP contribution < -0.4 is 11.1 Å². The molecule has 0 bridgehead atoms. The Balaban J connectivity index is 2.13. The van der Waals surface area contributed by atoms with Crippen LogP contribution in [0.3, 0.4) is 0 Å². The van der Waals surface area contributed by atoms with Crippen molar-refractivity contribution in [1.29, 1.82) is 0 Å². The van der Waals surface area contributed by atoms with Crippen LogP contribution in [0.1, 0.15) is 5.56 Å². The summed E-state index contributed by atoms with van der Waals surface area (Å²) in [6.07, 6.45) is 0. The van der Waals surface area contributed by atoms with E-state index in [1.807, 2.05) is 24.3 Å². The lowest BCUT2D eigenvalue weighted by atomic mass is 10.2. The zero-order valence-electron chi connectivity index (χ0n) is 9.84. The molecule has 0 radical (unpaired) electrons. The Morgan fingerprint density at radius 2 is 2.16 bits per heavy atom. The highest BCUT2D eigenvalue weighted by Crippen LogP contribution is 2.19. The maximum absolute atomic E-state index is 10.7. The van der Waals surface area contributed by atoms with E-state index in [0.29, 0.717) is 12.4 Å². The van der Waals surface area contributed by atoms with E-state index >= 15 is 0 Å². The molecule has 0 fully saturated rings. The molecule has 19 heavy (non-hydrogen) atoms. The molecule has 0 aliphatic carbocycles. The zero-order chi connectivity index (χ0) is 13.8. The first kappa shape index (κ1) is 13.3. The molecule has 1 aromatic heterocycles. The molecule has 0 amide bonds. The average Bonchev–Trinajstić information content (AvgIpc) is 2.36. The fourth-order valence-electron chi connectivity index (χ4n) is 1.57. The smallest absolute Gasteiger partial charge is 0.276 e. The quantitative estimate of drug-likeness (QED) is 0.666. The highest BCUT2D eigenvalue weighted by molar-refractivity contribution is 9.10. The third-order valence-corrected chi connectivity index (χ3v) is 2.90. The SMILES string of the molecule is Nc1cc([N+](=O)[O-])cc(NCc2cccc(Br)c2)n1. The van der Waals surface area contributed by atoms with Gasteiger partial charge in [0.05, 0.1) is 17.1 Å². The molecule has 0 unspecified atom stereocenters. The van der Waals surface area contributed by atoms with Crippen molar-refractivity contribution in [2.45, 2.75) is 6.54 Å². The second-order valence-corrected chi connectivity index (χ2v) is 4.79. The number of nitro groups is 1. The van der Waals surface area contributed by atoms with Crippen LogP contribution in [0.4, 0.5) is 17.3 Å². The summed E-state index contributed by atoms with van der Waals surface area (Å²) in [5.74, 6) is 0.498. The van der Waals surface area contributed by atoms with Crippen LogP contribution in [0.2, 0.25) is 0 Å². The van der Waals surface area contributed by atoms with E-state index in [9.17, 15) is 10.1 Å². The number of nitrogens with zero attached hydrogens (tertiary/aromatic N) is 2. The van der Waals surface area contributed by atoms with Gasteiger partial charge < -0.3 is 11.1 Å². The number of halogens is 1. The predicted octanol–water partition coefficient (Wildman–Crippen LogP) is 2.95. The van der Waals surface area contributed by atoms with Gasteiger partial charge in [0, 0.05) is 11.0 Å². The van der Waals surface area contributed by atoms with Gasteiger partial charge in [-0.3, -0.25) is 10.1 Å². The summed E-state index contributed by atoms with van der Waals surface area (Å²) < 4.78 is 0.971. The van der Waals surface area contributed by atoms with Crippen molar-refractivity contribution in [3.8, 4) is 0 Å². The number of nitrogens with one attached hydrogen (secondary N) is 1. The minimum atomic E-state index is -0.498. The van der Waals surface area contributed by atoms with E-state index in [1.54, 1.807) is 0 Å². The van der Waals surface area contributed by atoms with Crippen molar-refractivity contribution in [1.82, 2.24) is 4.98 Å². The summed E-state index contributed by atoms with van der Waals surface area (Å²) in [6.45, 7) is 0.507. The molecule has 2 rings (SSSR count). The largest absolute Gasteiger partial charge is 0.383 e. The van der Waals surface area contributed by atoms with E-state index in [-0.39, 0.29) is 11.5 Å². The maximum Gasteiger partial charge on any atom is 0.276 e. The number of nitrogen functional groups attached to an aromatic ring is 1. The van der Waals surface area contributed by atoms with E-state index < -0.39 is 4.92 Å². The minimum absolute atomic E-state index is 0.0794. The van der Waals surface area contributed by atoms with Gasteiger partial charge in [-0.15, -0.1) is 0 Å². The Morgan fingerprint density at radius 3 is 2.84 bits per heavy atom. The van der Waals surface area contributed by atoms with Crippen LogP contribution in [0.15, 0.2) is 40.9 Å². The van der Waals surface area contributed by atoms with Crippen LogP contribution in [-0.4, -0.2) is 9.91 Å². The number of anilines is 2. The van der Waals surface area contributed by atoms with Gasteiger partial charge >= 0.3 is 0 Å². The Hall–Kier alpha value is -2.15. The molecule has 1 aromatic carbocycles. The van der Waals surface area contributed by atoms with Crippen molar-refractivity contribution in [3.63, 3.8) is 0 Å². The molecule has 0 aliphatic heterocycles. The number of aromatic nitrogens is 1. The molecule has 6 nitrogen and oxygen atoms in total. The Bertz CT molecular complexity index is 618. The van der Waals surface area contributed by atoms with Gasteiger partial charge in [-0.2, -0.15) is 0 Å². The normalized spacial score (nSPS) is 10.2. The lowest BCUT2D eigenvalue weighted by Gasteiger charge is -2.06. The fraction of sp³-hybridized carbons (Fsp3) is 0.0833. The number of benzene rings is 1. The molecule has 0 aliphatic rings. The van der Waals surface area contributed by atoms with Crippen molar-refractivity contribution in [2.75, 3.05) is 11.1 Å². The van der Waals surface area contributed by atoms with Crippen LogP contribution >= 0.6 is 15.9 Å². The Kier molecular flexibility index (Phi) is 3.96. The first-order chi connectivity index (χ1) is 9.04. The van der Waals surface area contributed by atoms with E-state index in [2.05, 4.69) is 26.2 Å². The molecule has 7 heteroatoms. The first-order valence-corrected chi connectivity index (χ1v) is 6.24. The summed E-state index contributed by atoms with van der Waals surface area (Å²) in [5.41, 5.74) is 6.48. The zero-order valence-corrected chi connectivity index (χ0v) is 11.4. The number of hydrogen-bond acceptors (Lipinski definition) is 5. The number of hydrogen-bond donors (Lipinski definition) is 2. The standard InChI is InChI=1S/C12H11BrN4O2/c13-9-3-1-2-8(4-9)7-15-12-6-10(17(18)19)5-11(14)16-12/h1-6H,7H2,(H3,14,15,16). The summed E-state index contributed by atoms with van der Waals surface area (Å²) in [7, 11) is 0. The average molecular weight is 323 g/mol. The minimum Gasteiger partial charge on any atom is -0.383 e. The molecule has 0 saturated carbocycles. The second kappa shape index (κ2) is 5.66. The van der Waals surface area contributed by atoms with Gasteiger partial charge in [0.15, 0.2) is 0 Å². The Morgan fingerprint density at radius 1 is 1.37 bits per heavy atom. The number of rotatable bonds is 4. The van der Waals surface area contributed by atoms with Crippen LogP contribution in [0.5, 0.6) is 0 Å². The van der Waals surface area contributed by atoms with Crippen molar-refractivity contribution in [2.24, 2.45) is 0 Å². The Labute approximate surface area is 117 Å². The highest BCUT2D eigenvalue weighted by atomic mass is 79.9. The van der Waals surface area contributed by atoms with Gasteiger partial charge in [0.1, 0.15) is 11.6 Å². The molecule has 0 spiro atoms. The number of pyridine rings is 1. The summed E-state index contributed by atoms with van der Waals surface area (Å²) in [4.78, 5) is 14.2.